The molecule has 1 aromatic carbocycles. The first-order chi connectivity index (χ1) is 10.1. The number of nitrogens with zero attached hydrogens (tertiary/aromatic N) is 2. The van der Waals surface area contributed by atoms with Crippen LogP contribution >= 0.6 is 15.9 Å². The number of rotatable bonds is 6. The maximum Gasteiger partial charge on any atom is 0.167 e. The number of para-hydroxylation sites is 1. The van der Waals surface area contributed by atoms with Gasteiger partial charge in [-0.25, -0.2) is 0 Å². The number of aliphatic hydroxyl groups is 1. The molecule has 0 saturated heterocycles. The third-order valence-electron chi connectivity index (χ3n) is 3.26. The number of aliphatic hydroxyl groups excluding tert-OH is 1. The first kappa shape index (κ1) is 15.9. The third-order valence-corrected chi connectivity index (χ3v) is 4.29. The summed E-state index contributed by atoms with van der Waals surface area (Å²) >= 11 is 3.54. The molecule has 0 radical (unpaired) electrons. The molecule has 0 fully saturated rings. The fraction of sp³-hybridized carbons (Fsp3) is 0.400. The highest BCUT2D eigenvalue weighted by molar-refractivity contribution is 9.10. The molecule has 0 unspecified atom stereocenters. The molecule has 0 bridgehead atoms. The zero-order valence-electron chi connectivity index (χ0n) is 12.4. The molecule has 2 aromatic rings. The average Bonchev–Trinajstić information content (AvgIpc) is 2.79. The monoisotopic (exact) mass is 354 g/mol. The smallest absolute Gasteiger partial charge is 0.167 e. The highest BCUT2D eigenvalue weighted by Crippen LogP contribution is 2.32. The van der Waals surface area contributed by atoms with Crippen LogP contribution in [0.25, 0.3) is 0 Å². The second-order valence-corrected chi connectivity index (χ2v) is 5.35. The summed E-state index contributed by atoms with van der Waals surface area (Å²) in [5.41, 5.74) is 2.59. The van der Waals surface area contributed by atoms with Crippen molar-refractivity contribution in [1.82, 2.24) is 9.78 Å². The number of hydrogen-bond acceptors (Lipinski definition) is 4. The summed E-state index contributed by atoms with van der Waals surface area (Å²) in [6.45, 7) is 5.00. The summed E-state index contributed by atoms with van der Waals surface area (Å²) in [4.78, 5) is 0. The van der Waals surface area contributed by atoms with Gasteiger partial charge in [0, 0.05) is 12.1 Å². The minimum absolute atomic E-state index is 0.0974. The van der Waals surface area contributed by atoms with Crippen molar-refractivity contribution in [3.05, 3.63) is 39.6 Å². The Bertz CT molecular complexity index is 603. The van der Waals surface area contributed by atoms with Crippen LogP contribution in [0.4, 0.5) is 0 Å². The molecule has 5 nitrogen and oxygen atoms in total. The van der Waals surface area contributed by atoms with Crippen molar-refractivity contribution in [2.24, 2.45) is 0 Å². The SMILES string of the molecule is CCn1nc(C)c(Br)c1COc1c(CO)cccc1OC. The van der Waals surface area contributed by atoms with E-state index in [1.54, 1.807) is 7.11 Å². The van der Waals surface area contributed by atoms with E-state index in [1.165, 1.54) is 0 Å². The van der Waals surface area contributed by atoms with Gasteiger partial charge < -0.3 is 14.6 Å². The number of ether oxygens (including phenoxy) is 2. The van der Waals surface area contributed by atoms with Crippen molar-refractivity contribution in [3.8, 4) is 11.5 Å². The van der Waals surface area contributed by atoms with Gasteiger partial charge in [0.1, 0.15) is 6.61 Å². The maximum absolute atomic E-state index is 9.43. The fourth-order valence-electron chi connectivity index (χ4n) is 2.16. The van der Waals surface area contributed by atoms with E-state index in [1.807, 2.05) is 36.7 Å². The molecule has 2 rings (SSSR count). The van der Waals surface area contributed by atoms with Crippen LogP contribution in [0.1, 0.15) is 23.9 Å². The van der Waals surface area contributed by atoms with Crippen molar-refractivity contribution in [3.63, 3.8) is 0 Å². The predicted molar refractivity (Wildman–Crippen MR) is 83.6 cm³/mol. The molecule has 1 N–H and O–H groups in total. The summed E-state index contributed by atoms with van der Waals surface area (Å²) in [6, 6.07) is 5.45. The van der Waals surface area contributed by atoms with E-state index in [0.717, 1.165) is 22.4 Å². The van der Waals surface area contributed by atoms with Gasteiger partial charge in [0.2, 0.25) is 0 Å². The van der Waals surface area contributed by atoms with Gasteiger partial charge in [0.05, 0.1) is 29.6 Å². The van der Waals surface area contributed by atoms with E-state index >= 15 is 0 Å². The Morgan fingerprint density at radius 3 is 2.76 bits per heavy atom. The lowest BCUT2D eigenvalue weighted by atomic mass is 10.2. The second-order valence-electron chi connectivity index (χ2n) is 4.56. The van der Waals surface area contributed by atoms with Crippen LogP contribution in [0.15, 0.2) is 22.7 Å². The number of benzene rings is 1. The van der Waals surface area contributed by atoms with Gasteiger partial charge in [-0.1, -0.05) is 12.1 Å². The van der Waals surface area contributed by atoms with Crippen LogP contribution in [-0.2, 0) is 19.8 Å². The summed E-state index contributed by atoms with van der Waals surface area (Å²) in [6.07, 6.45) is 0. The molecule has 0 spiro atoms. The summed E-state index contributed by atoms with van der Waals surface area (Å²) in [5.74, 6) is 1.17. The number of methoxy groups -OCH3 is 1. The highest BCUT2D eigenvalue weighted by Gasteiger charge is 2.15. The third kappa shape index (κ3) is 3.22. The molecule has 0 saturated carbocycles. The van der Waals surface area contributed by atoms with Crippen LogP contribution in [-0.4, -0.2) is 22.0 Å². The Balaban J connectivity index is 2.28. The Hall–Kier alpha value is -1.53. The molecular formula is C15H19BrN2O3. The van der Waals surface area contributed by atoms with E-state index in [-0.39, 0.29) is 6.61 Å². The van der Waals surface area contributed by atoms with Crippen LogP contribution in [0.3, 0.4) is 0 Å². The standard InChI is InChI=1S/C15H19BrN2O3/c1-4-18-12(14(16)10(2)17-18)9-21-15-11(8-19)6-5-7-13(15)20-3/h5-7,19H,4,8-9H2,1-3H3. The van der Waals surface area contributed by atoms with Gasteiger partial charge in [0.15, 0.2) is 11.5 Å². The summed E-state index contributed by atoms with van der Waals surface area (Å²) in [5, 5.41) is 13.9. The van der Waals surface area contributed by atoms with Crippen LogP contribution in [0.2, 0.25) is 0 Å². The number of aryl methyl sites for hydroxylation is 2. The van der Waals surface area contributed by atoms with E-state index in [2.05, 4.69) is 21.0 Å². The second kappa shape index (κ2) is 6.95. The van der Waals surface area contributed by atoms with Gasteiger partial charge >= 0.3 is 0 Å². The summed E-state index contributed by atoms with van der Waals surface area (Å²) in [7, 11) is 1.58. The van der Waals surface area contributed by atoms with E-state index in [4.69, 9.17) is 9.47 Å². The van der Waals surface area contributed by atoms with Crippen molar-refractivity contribution >= 4 is 15.9 Å². The number of hydrogen-bond donors (Lipinski definition) is 1. The molecular weight excluding hydrogens is 336 g/mol. The van der Waals surface area contributed by atoms with Crippen LogP contribution < -0.4 is 9.47 Å². The van der Waals surface area contributed by atoms with E-state index < -0.39 is 0 Å². The molecule has 0 aliphatic rings. The van der Waals surface area contributed by atoms with Gasteiger partial charge in [-0.05, 0) is 35.8 Å². The molecule has 21 heavy (non-hydrogen) atoms. The lowest BCUT2D eigenvalue weighted by Crippen LogP contribution is -2.08. The van der Waals surface area contributed by atoms with Gasteiger partial charge in [-0.15, -0.1) is 0 Å². The Kier molecular flexibility index (Phi) is 5.25. The van der Waals surface area contributed by atoms with E-state index in [9.17, 15) is 5.11 Å². The summed E-state index contributed by atoms with van der Waals surface area (Å²) < 4.78 is 14.0. The lowest BCUT2D eigenvalue weighted by molar-refractivity contribution is 0.244. The van der Waals surface area contributed by atoms with Crippen LogP contribution in [0.5, 0.6) is 11.5 Å². The number of aromatic nitrogens is 2. The Morgan fingerprint density at radius 1 is 1.38 bits per heavy atom. The maximum atomic E-state index is 9.43. The van der Waals surface area contributed by atoms with Crippen molar-refractivity contribution < 1.29 is 14.6 Å². The Labute approximate surface area is 132 Å². The van der Waals surface area contributed by atoms with E-state index in [0.29, 0.717) is 23.7 Å². The topological polar surface area (TPSA) is 56.5 Å². The largest absolute Gasteiger partial charge is 0.493 e. The van der Waals surface area contributed by atoms with Crippen molar-refractivity contribution in [2.75, 3.05) is 7.11 Å². The predicted octanol–water partition coefficient (Wildman–Crippen LogP) is 3.05. The zero-order chi connectivity index (χ0) is 15.4. The van der Waals surface area contributed by atoms with Crippen molar-refractivity contribution in [2.45, 2.75) is 33.6 Å². The van der Waals surface area contributed by atoms with Crippen LogP contribution in [0, 0.1) is 6.92 Å². The average molecular weight is 355 g/mol. The van der Waals surface area contributed by atoms with Crippen molar-refractivity contribution in [1.29, 1.82) is 0 Å². The minimum Gasteiger partial charge on any atom is -0.493 e. The Morgan fingerprint density at radius 2 is 2.14 bits per heavy atom. The van der Waals surface area contributed by atoms with Gasteiger partial charge in [-0.2, -0.15) is 5.10 Å². The zero-order valence-corrected chi connectivity index (χ0v) is 14.0. The quantitative estimate of drug-likeness (QED) is 0.865. The molecule has 114 valence electrons. The normalized spacial score (nSPS) is 10.7. The number of halogens is 1. The minimum atomic E-state index is -0.0974. The molecule has 1 aromatic heterocycles. The first-order valence-corrected chi connectivity index (χ1v) is 7.53. The van der Waals surface area contributed by atoms with Gasteiger partial charge in [0.25, 0.3) is 0 Å². The van der Waals surface area contributed by atoms with Gasteiger partial charge in [-0.3, -0.25) is 4.68 Å². The fourth-order valence-corrected chi connectivity index (χ4v) is 2.56. The molecule has 1 heterocycles. The lowest BCUT2D eigenvalue weighted by Gasteiger charge is -2.14. The first-order valence-electron chi connectivity index (χ1n) is 6.73. The molecule has 0 atom stereocenters. The molecule has 6 heteroatoms. The molecule has 0 aliphatic carbocycles. The molecule has 0 aliphatic heterocycles. The highest BCUT2D eigenvalue weighted by atomic mass is 79.9. The molecule has 0 amide bonds.